The van der Waals surface area contributed by atoms with Crippen LogP contribution in [0.3, 0.4) is 0 Å². The van der Waals surface area contributed by atoms with Crippen LogP contribution in [0.1, 0.15) is 6.92 Å². The number of hydrogen-bond acceptors (Lipinski definition) is 4. The molecule has 0 spiro atoms. The Morgan fingerprint density at radius 3 is 2.48 bits per heavy atom. The Morgan fingerprint density at radius 2 is 1.86 bits per heavy atom. The van der Waals surface area contributed by atoms with E-state index in [-0.39, 0.29) is 17.5 Å². The van der Waals surface area contributed by atoms with Gasteiger partial charge in [0.25, 0.3) is 0 Å². The van der Waals surface area contributed by atoms with Gasteiger partial charge < -0.3 is 4.90 Å². The molecule has 1 aliphatic heterocycles. The number of nitrogens with one attached hydrogen (secondary N) is 1. The molecule has 0 aliphatic carbocycles. The highest BCUT2D eigenvalue weighted by atomic mass is 32.2. The minimum atomic E-state index is -3.80. The van der Waals surface area contributed by atoms with Crippen molar-refractivity contribution in [1.29, 1.82) is 0 Å². The van der Waals surface area contributed by atoms with Crippen LogP contribution in [0.5, 0.6) is 0 Å². The van der Waals surface area contributed by atoms with Crippen molar-refractivity contribution in [2.24, 2.45) is 0 Å². The molecule has 0 radical (unpaired) electrons. The van der Waals surface area contributed by atoms with Gasteiger partial charge in [0.2, 0.25) is 10.0 Å². The molecule has 7 heteroatoms. The van der Waals surface area contributed by atoms with Crippen molar-refractivity contribution in [2.45, 2.75) is 17.9 Å². The Balaban J connectivity index is 1.94. The summed E-state index contributed by atoms with van der Waals surface area (Å²) >= 11 is 0. The first kappa shape index (κ1) is 16.4. The van der Waals surface area contributed by atoms with Crippen LogP contribution in [0.15, 0.2) is 29.2 Å². The Hall–Kier alpha value is -1.02. The van der Waals surface area contributed by atoms with Crippen molar-refractivity contribution >= 4 is 10.0 Å². The molecule has 21 heavy (non-hydrogen) atoms. The summed E-state index contributed by atoms with van der Waals surface area (Å²) in [6.45, 7) is 6.04. The standard InChI is InChI=1S/C14H22FN3O2S/c1-12(18-9-7-17(2)8-10-18)11-16-21(19,20)14-6-4-3-5-13(14)15/h3-6,12,16H,7-11H2,1-2H3/t12-/m0/s1. The fourth-order valence-electron chi connectivity index (χ4n) is 2.36. The van der Waals surface area contributed by atoms with Crippen LogP contribution < -0.4 is 4.72 Å². The van der Waals surface area contributed by atoms with Gasteiger partial charge in [-0.05, 0) is 26.1 Å². The molecule has 5 nitrogen and oxygen atoms in total. The van der Waals surface area contributed by atoms with Crippen molar-refractivity contribution in [2.75, 3.05) is 39.8 Å². The lowest BCUT2D eigenvalue weighted by Crippen LogP contribution is -2.51. The van der Waals surface area contributed by atoms with Gasteiger partial charge in [0, 0.05) is 38.8 Å². The smallest absolute Gasteiger partial charge is 0.243 e. The minimum absolute atomic E-state index is 0.0836. The molecule has 0 saturated carbocycles. The van der Waals surface area contributed by atoms with Crippen molar-refractivity contribution in [3.63, 3.8) is 0 Å². The van der Waals surface area contributed by atoms with Gasteiger partial charge in [-0.2, -0.15) is 0 Å². The van der Waals surface area contributed by atoms with Crippen LogP contribution >= 0.6 is 0 Å². The second-order valence-electron chi connectivity index (χ2n) is 5.47. The van der Waals surface area contributed by atoms with E-state index in [0.29, 0.717) is 0 Å². The number of nitrogens with zero attached hydrogens (tertiary/aromatic N) is 2. The molecule has 118 valence electrons. The molecule has 0 amide bonds. The zero-order valence-electron chi connectivity index (χ0n) is 12.4. The van der Waals surface area contributed by atoms with Gasteiger partial charge in [0.15, 0.2) is 0 Å². The molecule has 0 unspecified atom stereocenters. The molecular formula is C14H22FN3O2S. The lowest BCUT2D eigenvalue weighted by molar-refractivity contribution is 0.120. The van der Waals surface area contributed by atoms with E-state index in [9.17, 15) is 12.8 Å². The second-order valence-corrected chi connectivity index (χ2v) is 7.21. The third-order valence-electron chi connectivity index (χ3n) is 3.86. The molecule has 1 aromatic carbocycles. The second kappa shape index (κ2) is 6.83. The predicted molar refractivity (Wildman–Crippen MR) is 80.1 cm³/mol. The fourth-order valence-corrected chi connectivity index (χ4v) is 3.56. The summed E-state index contributed by atoms with van der Waals surface area (Å²) in [6, 6.07) is 5.50. The summed E-state index contributed by atoms with van der Waals surface area (Å²) in [7, 11) is -1.73. The SMILES string of the molecule is C[C@@H](CNS(=O)(=O)c1ccccc1F)N1CCN(C)CC1. The van der Waals surface area contributed by atoms with Gasteiger partial charge in [-0.3, -0.25) is 4.90 Å². The quantitative estimate of drug-likeness (QED) is 0.871. The van der Waals surface area contributed by atoms with Crippen molar-refractivity contribution in [3.8, 4) is 0 Å². The van der Waals surface area contributed by atoms with E-state index < -0.39 is 15.8 Å². The Morgan fingerprint density at radius 1 is 1.24 bits per heavy atom. The highest BCUT2D eigenvalue weighted by molar-refractivity contribution is 7.89. The first-order valence-corrected chi connectivity index (χ1v) is 8.55. The van der Waals surface area contributed by atoms with E-state index in [1.807, 2.05) is 6.92 Å². The first-order chi connectivity index (χ1) is 9.90. The minimum Gasteiger partial charge on any atom is -0.304 e. The first-order valence-electron chi connectivity index (χ1n) is 7.07. The third kappa shape index (κ3) is 4.23. The molecule has 1 aromatic rings. The maximum atomic E-state index is 13.6. The summed E-state index contributed by atoms with van der Waals surface area (Å²) in [5.41, 5.74) is 0. The molecule has 2 rings (SSSR count). The highest BCUT2D eigenvalue weighted by Crippen LogP contribution is 2.13. The molecule has 1 aliphatic rings. The van der Waals surface area contributed by atoms with Crippen LogP contribution in [0, 0.1) is 5.82 Å². The van der Waals surface area contributed by atoms with E-state index in [2.05, 4.69) is 21.6 Å². The maximum Gasteiger partial charge on any atom is 0.243 e. The molecule has 0 aromatic heterocycles. The van der Waals surface area contributed by atoms with E-state index in [4.69, 9.17) is 0 Å². The van der Waals surface area contributed by atoms with E-state index in [0.717, 1.165) is 32.2 Å². The fraction of sp³-hybridized carbons (Fsp3) is 0.571. The Bertz CT molecular complexity index is 571. The molecule has 0 bridgehead atoms. The summed E-state index contributed by atoms with van der Waals surface area (Å²) < 4.78 is 40.3. The highest BCUT2D eigenvalue weighted by Gasteiger charge is 2.23. The van der Waals surface area contributed by atoms with Crippen LogP contribution in [0.25, 0.3) is 0 Å². The monoisotopic (exact) mass is 315 g/mol. The van der Waals surface area contributed by atoms with Crippen LogP contribution in [0.2, 0.25) is 0 Å². The average molecular weight is 315 g/mol. The van der Waals surface area contributed by atoms with E-state index in [1.165, 1.54) is 18.2 Å². The lowest BCUT2D eigenvalue weighted by atomic mass is 10.2. The number of benzene rings is 1. The Labute approximate surface area is 125 Å². The van der Waals surface area contributed by atoms with Crippen molar-refractivity contribution in [3.05, 3.63) is 30.1 Å². The number of sulfonamides is 1. The van der Waals surface area contributed by atoms with Crippen LogP contribution in [-0.4, -0.2) is 64.0 Å². The number of likely N-dealkylation sites (N-methyl/N-ethyl adjacent to an activating group) is 1. The molecule has 1 saturated heterocycles. The van der Waals surface area contributed by atoms with Crippen molar-refractivity contribution < 1.29 is 12.8 Å². The van der Waals surface area contributed by atoms with E-state index >= 15 is 0 Å². The topological polar surface area (TPSA) is 52.7 Å². The number of hydrogen-bond donors (Lipinski definition) is 1. The van der Waals surface area contributed by atoms with Gasteiger partial charge in [0.05, 0.1) is 0 Å². The number of rotatable bonds is 5. The Kier molecular flexibility index (Phi) is 5.32. The summed E-state index contributed by atoms with van der Waals surface area (Å²) in [6.07, 6.45) is 0. The van der Waals surface area contributed by atoms with Gasteiger partial charge in [-0.1, -0.05) is 12.1 Å². The lowest BCUT2D eigenvalue weighted by Gasteiger charge is -2.36. The van der Waals surface area contributed by atoms with E-state index in [1.54, 1.807) is 0 Å². The molecule has 1 fully saturated rings. The molecule has 1 heterocycles. The largest absolute Gasteiger partial charge is 0.304 e. The molecule has 1 N–H and O–H groups in total. The van der Waals surface area contributed by atoms with Gasteiger partial charge in [-0.25, -0.2) is 17.5 Å². The average Bonchev–Trinajstić information content (AvgIpc) is 2.46. The zero-order valence-corrected chi connectivity index (χ0v) is 13.2. The summed E-state index contributed by atoms with van der Waals surface area (Å²) in [5.74, 6) is -0.725. The normalized spacial score (nSPS) is 19.6. The predicted octanol–water partition coefficient (Wildman–Crippen LogP) is 0.740. The summed E-state index contributed by atoms with van der Waals surface area (Å²) in [4.78, 5) is 4.19. The van der Waals surface area contributed by atoms with Crippen molar-refractivity contribution in [1.82, 2.24) is 14.5 Å². The van der Waals surface area contributed by atoms with Crippen LogP contribution in [-0.2, 0) is 10.0 Å². The van der Waals surface area contributed by atoms with Gasteiger partial charge in [0.1, 0.15) is 10.7 Å². The molecule has 1 atom stereocenters. The van der Waals surface area contributed by atoms with Gasteiger partial charge >= 0.3 is 0 Å². The molecular weight excluding hydrogens is 293 g/mol. The number of piperazine rings is 1. The van der Waals surface area contributed by atoms with Crippen LogP contribution in [0.4, 0.5) is 4.39 Å². The third-order valence-corrected chi connectivity index (χ3v) is 5.31. The zero-order chi connectivity index (χ0) is 15.5. The summed E-state index contributed by atoms with van der Waals surface area (Å²) in [5, 5.41) is 0. The maximum absolute atomic E-state index is 13.6. The van der Waals surface area contributed by atoms with Gasteiger partial charge in [-0.15, -0.1) is 0 Å². The number of halogens is 1.